The minimum absolute atomic E-state index is 0.210. The van der Waals surface area contributed by atoms with Crippen LogP contribution in [0.3, 0.4) is 0 Å². The van der Waals surface area contributed by atoms with Crippen LogP contribution in [0.15, 0.2) is 48.5 Å². The molecule has 152 valence electrons. The Morgan fingerprint density at radius 3 is 2.52 bits per heavy atom. The van der Waals surface area contributed by atoms with Crippen LogP contribution in [-0.2, 0) is 11.3 Å². The van der Waals surface area contributed by atoms with E-state index < -0.39 is 0 Å². The molecule has 2 aromatic carbocycles. The number of halogens is 2. The van der Waals surface area contributed by atoms with Crippen molar-refractivity contribution in [2.75, 3.05) is 19.6 Å². The number of piperidine rings is 1. The van der Waals surface area contributed by atoms with Crippen LogP contribution in [0.1, 0.15) is 36.3 Å². The van der Waals surface area contributed by atoms with Gasteiger partial charge in [-0.3, -0.25) is 9.69 Å². The molecule has 2 aromatic rings. The fourth-order valence-electron chi connectivity index (χ4n) is 5.20. The van der Waals surface area contributed by atoms with Gasteiger partial charge in [0.25, 0.3) is 0 Å². The van der Waals surface area contributed by atoms with E-state index in [0.29, 0.717) is 17.9 Å². The first kappa shape index (κ1) is 19.1. The minimum atomic E-state index is -0.210. The molecule has 2 saturated heterocycles. The van der Waals surface area contributed by atoms with Crippen molar-refractivity contribution in [2.24, 2.45) is 11.8 Å². The Balaban J connectivity index is 1.39. The monoisotopic (exact) mass is 412 g/mol. The van der Waals surface area contributed by atoms with Crippen molar-refractivity contribution in [2.45, 2.75) is 37.8 Å². The molecule has 0 aromatic heterocycles. The summed E-state index contributed by atoms with van der Waals surface area (Å²) in [5, 5.41) is 0.807. The summed E-state index contributed by atoms with van der Waals surface area (Å²) in [6.45, 7) is 3.50. The first-order valence-electron chi connectivity index (χ1n) is 10.6. The van der Waals surface area contributed by atoms with Gasteiger partial charge in [-0.15, -0.1) is 0 Å². The second kappa shape index (κ2) is 7.73. The Bertz CT molecular complexity index is 898. The van der Waals surface area contributed by atoms with Crippen LogP contribution in [0.25, 0.3) is 0 Å². The predicted molar refractivity (Wildman–Crippen MR) is 112 cm³/mol. The van der Waals surface area contributed by atoms with E-state index in [9.17, 15) is 9.18 Å². The third-order valence-electron chi connectivity index (χ3n) is 6.87. The summed E-state index contributed by atoms with van der Waals surface area (Å²) < 4.78 is 13.5. The van der Waals surface area contributed by atoms with Crippen LogP contribution in [-0.4, -0.2) is 41.4 Å². The SMILES string of the molecule is O=C(C1CC1)N1C[C@H](c2ccc(F)cc2)[C@H]2CN(Cc3ccccc3Cl)CC[C@H]21. The van der Waals surface area contributed by atoms with Gasteiger partial charge >= 0.3 is 0 Å². The molecule has 2 heterocycles. The molecule has 1 amide bonds. The van der Waals surface area contributed by atoms with Crippen LogP contribution in [0.2, 0.25) is 5.02 Å². The van der Waals surface area contributed by atoms with Crippen molar-refractivity contribution in [1.29, 1.82) is 0 Å². The lowest BCUT2D eigenvalue weighted by molar-refractivity contribution is -0.134. The van der Waals surface area contributed by atoms with Crippen LogP contribution in [0.5, 0.6) is 0 Å². The van der Waals surface area contributed by atoms with Gasteiger partial charge in [0.05, 0.1) is 0 Å². The maximum Gasteiger partial charge on any atom is 0.225 e. The summed E-state index contributed by atoms with van der Waals surface area (Å²) in [5.74, 6) is 1.00. The zero-order valence-corrected chi connectivity index (χ0v) is 17.2. The van der Waals surface area contributed by atoms with Gasteiger partial charge in [-0.2, -0.15) is 0 Å². The molecule has 29 heavy (non-hydrogen) atoms. The summed E-state index contributed by atoms with van der Waals surface area (Å²) in [7, 11) is 0. The molecule has 2 aliphatic heterocycles. The molecule has 0 radical (unpaired) electrons. The molecule has 0 bridgehead atoms. The predicted octanol–water partition coefficient (Wildman–Crippen LogP) is 4.71. The number of benzene rings is 2. The second-order valence-electron chi connectivity index (χ2n) is 8.77. The van der Waals surface area contributed by atoms with Crippen LogP contribution >= 0.6 is 11.6 Å². The molecular weight excluding hydrogens is 387 g/mol. The van der Waals surface area contributed by atoms with Gasteiger partial charge in [0, 0.05) is 55.0 Å². The highest BCUT2D eigenvalue weighted by Gasteiger charge is 2.49. The van der Waals surface area contributed by atoms with Gasteiger partial charge in [-0.25, -0.2) is 4.39 Å². The molecule has 1 saturated carbocycles. The van der Waals surface area contributed by atoms with E-state index in [4.69, 9.17) is 11.6 Å². The number of fused-ring (bicyclic) bond motifs is 1. The average Bonchev–Trinajstić information content (AvgIpc) is 3.51. The molecule has 5 heteroatoms. The van der Waals surface area contributed by atoms with Crippen LogP contribution < -0.4 is 0 Å². The summed E-state index contributed by atoms with van der Waals surface area (Å²) in [5.41, 5.74) is 2.29. The number of carbonyl (C=O) groups excluding carboxylic acids is 1. The molecule has 3 aliphatic rings. The summed E-state index contributed by atoms with van der Waals surface area (Å²) >= 11 is 6.39. The van der Waals surface area contributed by atoms with E-state index in [-0.39, 0.29) is 17.7 Å². The maximum absolute atomic E-state index is 13.5. The normalized spacial score (nSPS) is 27.1. The van der Waals surface area contributed by atoms with Gasteiger partial charge in [0.1, 0.15) is 5.82 Å². The number of hydrogen-bond donors (Lipinski definition) is 0. The van der Waals surface area contributed by atoms with Gasteiger partial charge < -0.3 is 4.90 Å². The Kier molecular flexibility index (Phi) is 5.09. The van der Waals surface area contributed by atoms with Crippen molar-refractivity contribution >= 4 is 17.5 Å². The highest BCUT2D eigenvalue weighted by atomic mass is 35.5. The molecule has 3 fully saturated rings. The molecule has 0 spiro atoms. The number of likely N-dealkylation sites (tertiary alicyclic amines) is 2. The largest absolute Gasteiger partial charge is 0.338 e. The van der Waals surface area contributed by atoms with Crippen LogP contribution in [0, 0.1) is 17.7 Å². The third kappa shape index (κ3) is 3.80. The molecule has 3 nitrogen and oxygen atoms in total. The number of carbonyl (C=O) groups is 1. The van der Waals surface area contributed by atoms with Gasteiger partial charge in [-0.05, 0) is 48.6 Å². The maximum atomic E-state index is 13.5. The summed E-state index contributed by atoms with van der Waals surface area (Å²) in [4.78, 5) is 17.6. The zero-order valence-electron chi connectivity index (χ0n) is 16.4. The Morgan fingerprint density at radius 2 is 1.79 bits per heavy atom. The topological polar surface area (TPSA) is 23.6 Å². The number of nitrogens with zero attached hydrogens (tertiary/aromatic N) is 2. The van der Waals surface area contributed by atoms with E-state index >= 15 is 0 Å². The van der Waals surface area contributed by atoms with Crippen molar-refractivity contribution in [1.82, 2.24) is 9.80 Å². The lowest BCUT2D eigenvalue weighted by atomic mass is 9.81. The molecule has 1 aliphatic carbocycles. The minimum Gasteiger partial charge on any atom is -0.338 e. The Hall–Kier alpha value is -1.91. The smallest absolute Gasteiger partial charge is 0.225 e. The van der Waals surface area contributed by atoms with E-state index in [1.54, 1.807) is 12.1 Å². The number of amides is 1. The molecule has 3 atom stereocenters. The standard InChI is InChI=1S/C24H26ClFN2O/c25-22-4-2-1-3-18(22)13-27-12-11-23-21(14-27)20(16-7-9-19(26)10-8-16)15-28(23)24(29)17-5-6-17/h1-4,7-10,17,20-21,23H,5-6,11-15H2/t20-,21-,23-/m1/s1. The van der Waals surface area contributed by atoms with Crippen molar-refractivity contribution in [3.63, 3.8) is 0 Å². The quantitative estimate of drug-likeness (QED) is 0.726. The third-order valence-corrected chi connectivity index (χ3v) is 7.24. The highest BCUT2D eigenvalue weighted by Crippen LogP contribution is 2.44. The first-order valence-corrected chi connectivity index (χ1v) is 11.0. The van der Waals surface area contributed by atoms with E-state index in [1.165, 1.54) is 0 Å². The Labute approximate surface area is 176 Å². The lowest BCUT2D eigenvalue weighted by Gasteiger charge is -2.39. The molecular formula is C24H26ClFN2O. The molecule has 5 rings (SSSR count). The van der Waals surface area contributed by atoms with Crippen molar-refractivity contribution in [3.05, 3.63) is 70.5 Å². The summed E-state index contributed by atoms with van der Waals surface area (Å²) in [6.07, 6.45) is 3.06. The Morgan fingerprint density at radius 1 is 1.03 bits per heavy atom. The number of rotatable bonds is 4. The zero-order chi connectivity index (χ0) is 20.0. The fourth-order valence-corrected chi connectivity index (χ4v) is 5.39. The molecule has 0 unspecified atom stereocenters. The molecule has 0 N–H and O–H groups in total. The first-order chi connectivity index (χ1) is 14.1. The van der Waals surface area contributed by atoms with Gasteiger partial charge in [0.2, 0.25) is 5.91 Å². The van der Waals surface area contributed by atoms with E-state index in [2.05, 4.69) is 15.9 Å². The second-order valence-corrected chi connectivity index (χ2v) is 9.18. The number of hydrogen-bond acceptors (Lipinski definition) is 2. The fraction of sp³-hybridized carbons (Fsp3) is 0.458. The highest BCUT2D eigenvalue weighted by molar-refractivity contribution is 6.31. The lowest BCUT2D eigenvalue weighted by Crippen LogP contribution is -2.48. The van der Waals surface area contributed by atoms with E-state index in [1.807, 2.05) is 30.3 Å². The summed E-state index contributed by atoms with van der Waals surface area (Å²) in [6, 6.07) is 15.2. The van der Waals surface area contributed by atoms with E-state index in [0.717, 1.165) is 61.6 Å². The van der Waals surface area contributed by atoms with Crippen molar-refractivity contribution in [3.8, 4) is 0 Å². The van der Waals surface area contributed by atoms with Crippen LogP contribution in [0.4, 0.5) is 4.39 Å². The average molecular weight is 413 g/mol. The van der Waals surface area contributed by atoms with Gasteiger partial charge in [0.15, 0.2) is 0 Å². The van der Waals surface area contributed by atoms with Gasteiger partial charge in [-0.1, -0.05) is 41.9 Å². The van der Waals surface area contributed by atoms with Crippen molar-refractivity contribution < 1.29 is 9.18 Å².